The van der Waals surface area contributed by atoms with Gasteiger partial charge in [-0.25, -0.2) is 8.78 Å². The molecular formula is C31H30F2N6O4S. The molecule has 2 N–H and O–H groups in total. The van der Waals surface area contributed by atoms with Crippen molar-refractivity contribution in [1.82, 2.24) is 25.2 Å². The number of morpholine rings is 1. The second-order valence-electron chi connectivity index (χ2n) is 12.0. The van der Waals surface area contributed by atoms with E-state index in [4.69, 9.17) is 35.6 Å². The molecule has 6 heterocycles. The fourth-order valence-corrected chi connectivity index (χ4v) is 8.01. The van der Waals surface area contributed by atoms with Crippen LogP contribution in [0.1, 0.15) is 24.8 Å². The molecule has 2 bridgehead atoms. The Kier molecular flexibility index (Phi) is 6.71. The summed E-state index contributed by atoms with van der Waals surface area (Å²) in [6.45, 7) is 4.10. The first-order chi connectivity index (χ1) is 21.4. The molecule has 4 saturated heterocycles. The van der Waals surface area contributed by atoms with Crippen LogP contribution in [0.5, 0.6) is 22.7 Å². The predicted molar refractivity (Wildman–Crippen MR) is 161 cm³/mol. The Bertz CT molecular complexity index is 1800. The van der Waals surface area contributed by atoms with Crippen LogP contribution in [0.2, 0.25) is 0 Å². The first-order valence-corrected chi connectivity index (χ1v) is 15.6. The lowest BCUT2D eigenvalue weighted by molar-refractivity contribution is 0.0374. The van der Waals surface area contributed by atoms with Crippen molar-refractivity contribution < 1.29 is 28.1 Å². The topological polar surface area (TPSA) is 105 Å². The van der Waals surface area contributed by atoms with Crippen LogP contribution >= 0.6 is 11.3 Å². The fraction of sp³-hybridized carbons (Fsp3) is 0.452. The van der Waals surface area contributed by atoms with E-state index in [9.17, 15) is 13.9 Å². The lowest BCUT2D eigenvalue weighted by Crippen LogP contribution is -2.63. The van der Waals surface area contributed by atoms with Gasteiger partial charge in [0, 0.05) is 49.6 Å². The summed E-state index contributed by atoms with van der Waals surface area (Å²) in [5.74, 6) is 2.57. The maximum atomic E-state index is 14.6. The van der Waals surface area contributed by atoms with E-state index in [1.807, 2.05) is 0 Å². The van der Waals surface area contributed by atoms with E-state index < -0.39 is 12.0 Å². The van der Waals surface area contributed by atoms with E-state index >= 15 is 0 Å². The molecule has 10 nitrogen and oxygen atoms in total. The van der Waals surface area contributed by atoms with Crippen LogP contribution in [0.4, 0.5) is 14.6 Å². The number of benzene rings is 2. The van der Waals surface area contributed by atoms with Crippen LogP contribution in [-0.4, -0.2) is 94.8 Å². The molecule has 2 aromatic heterocycles. The van der Waals surface area contributed by atoms with Gasteiger partial charge in [0.1, 0.15) is 35.6 Å². The molecule has 4 aliphatic heterocycles. The van der Waals surface area contributed by atoms with Gasteiger partial charge in [0.15, 0.2) is 10.6 Å². The minimum atomic E-state index is -0.862. The number of nitrogens with one attached hydrogen (secondary N) is 1. The molecule has 0 saturated carbocycles. The summed E-state index contributed by atoms with van der Waals surface area (Å²) in [6, 6.07) is 6.15. The van der Waals surface area contributed by atoms with Crippen molar-refractivity contribution in [2.45, 2.75) is 43.1 Å². The molecule has 4 aromatic rings. The van der Waals surface area contributed by atoms with E-state index in [0.29, 0.717) is 72.8 Å². The quantitative estimate of drug-likeness (QED) is 0.308. The van der Waals surface area contributed by atoms with Crippen molar-refractivity contribution in [3.05, 3.63) is 35.6 Å². The number of fused-ring (bicyclic) bond motifs is 5. The first kappa shape index (κ1) is 27.7. The Labute approximate surface area is 256 Å². The standard InChI is InChI=1S/C31H30F2N6O4S/c1-2-22-23(33)5-4-17-8-21(40)9-24(25(17)22)43-30-35-26-27(38-12-19-14-41-15-20(13-38)34-19)36-29(37-28(26)44-30)42-16-31-6-3-7-39(31)11-18(32)10-31/h1,4-5,8-9,18-20,34,40H,3,6-7,10-16H2/t18?,19?,20?,31-/m0/s1. The number of piperazine rings is 1. The van der Waals surface area contributed by atoms with Gasteiger partial charge in [-0.2, -0.15) is 15.0 Å². The summed E-state index contributed by atoms with van der Waals surface area (Å²) in [6.07, 6.45) is 7.12. The third-order valence-electron chi connectivity index (χ3n) is 9.08. The number of terminal acetylenes is 1. The Balaban J connectivity index is 1.18. The SMILES string of the molecule is C#Cc1c(F)ccc2cc(O)cc(Oc3nc4c(N5CC6COCC(C5)N6)nc(OC[C@@]56CCCN5CC(F)C6)nc4s3)c12. The third-order valence-corrected chi connectivity index (χ3v) is 9.91. The van der Waals surface area contributed by atoms with Gasteiger partial charge in [0.25, 0.3) is 5.19 Å². The number of aromatic nitrogens is 3. The maximum absolute atomic E-state index is 14.6. The number of hydrogen-bond acceptors (Lipinski definition) is 11. The van der Waals surface area contributed by atoms with Crippen LogP contribution in [0.15, 0.2) is 24.3 Å². The summed E-state index contributed by atoms with van der Waals surface area (Å²) in [5, 5.41) is 15.1. The van der Waals surface area contributed by atoms with Crippen molar-refractivity contribution in [2.24, 2.45) is 0 Å². The van der Waals surface area contributed by atoms with Gasteiger partial charge in [-0.05, 0) is 36.9 Å². The van der Waals surface area contributed by atoms with Crippen molar-refractivity contribution in [1.29, 1.82) is 0 Å². The van der Waals surface area contributed by atoms with Gasteiger partial charge >= 0.3 is 6.01 Å². The number of halogens is 2. The fourth-order valence-electron chi connectivity index (χ4n) is 7.22. The zero-order valence-electron chi connectivity index (χ0n) is 23.8. The number of phenols is 1. The average Bonchev–Trinajstić information content (AvgIpc) is 3.67. The van der Waals surface area contributed by atoms with E-state index in [2.05, 4.69) is 21.0 Å². The number of ether oxygens (including phenoxy) is 3. The van der Waals surface area contributed by atoms with Crippen LogP contribution in [0.3, 0.4) is 0 Å². The smallest absolute Gasteiger partial charge is 0.319 e. The minimum absolute atomic E-state index is 0.0344. The molecule has 228 valence electrons. The number of alkyl halides is 1. The van der Waals surface area contributed by atoms with Crippen LogP contribution in [-0.2, 0) is 4.74 Å². The number of anilines is 1. The van der Waals surface area contributed by atoms with Crippen LogP contribution in [0.25, 0.3) is 21.1 Å². The zero-order chi connectivity index (χ0) is 30.0. The zero-order valence-corrected chi connectivity index (χ0v) is 24.6. The monoisotopic (exact) mass is 620 g/mol. The second kappa shape index (κ2) is 10.7. The van der Waals surface area contributed by atoms with Crippen molar-refractivity contribution in [2.75, 3.05) is 50.9 Å². The Morgan fingerprint density at radius 3 is 2.84 bits per heavy atom. The van der Waals surface area contributed by atoms with E-state index in [1.54, 1.807) is 0 Å². The normalized spacial score (nSPS) is 26.7. The third kappa shape index (κ3) is 4.77. The molecule has 0 spiro atoms. The van der Waals surface area contributed by atoms with Crippen molar-refractivity contribution in [3.8, 4) is 35.0 Å². The van der Waals surface area contributed by atoms with E-state index in [-0.39, 0.29) is 45.9 Å². The molecule has 3 unspecified atom stereocenters. The lowest BCUT2D eigenvalue weighted by atomic mass is 9.95. The van der Waals surface area contributed by atoms with Crippen molar-refractivity contribution in [3.63, 3.8) is 0 Å². The Morgan fingerprint density at radius 2 is 2.02 bits per heavy atom. The average molecular weight is 621 g/mol. The van der Waals surface area contributed by atoms with Gasteiger partial charge < -0.3 is 29.5 Å². The number of rotatable bonds is 6. The molecule has 4 fully saturated rings. The Morgan fingerprint density at radius 1 is 1.18 bits per heavy atom. The van der Waals surface area contributed by atoms with Gasteiger partial charge in [-0.15, -0.1) is 6.42 Å². The highest BCUT2D eigenvalue weighted by Gasteiger charge is 2.49. The molecule has 13 heteroatoms. The predicted octanol–water partition coefficient (Wildman–Crippen LogP) is 3.99. The molecule has 2 aromatic carbocycles. The number of aromatic hydroxyl groups is 1. The van der Waals surface area contributed by atoms with E-state index in [1.165, 1.54) is 35.6 Å². The van der Waals surface area contributed by atoms with Crippen molar-refractivity contribution >= 4 is 38.3 Å². The van der Waals surface area contributed by atoms with Gasteiger partial charge in [0.2, 0.25) is 0 Å². The molecule has 0 amide bonds. The highest BCUT2D eigenvalue weighted by atomic mass is 32.1. The highest BCUT2D eigenvalue weighted by molar-refractivity contribution is 7.19. The molecule has 0 radical (unpaired) electrons. The summed E-state index contributed by atoms with van der Waals surface area (Å²) in [5.41, 5.74) is 0.229. The molecule has 4 atom stereocenters. The number of thiazole rings is 1. The number of nitrogens with zero attached hydrogens (tertiary/aromatic N) is 5. The van der Waals surface area contributed by atoms with Crippen LogP contribution < -0.4 is 19.7 Å². The van der Waals surface area contributed by atoms with Gasteiger partial charge in [-0.3, -0.25) is 4.90 Å². The molecule has 8 rings (SSSR count). The number of hydrogen-bond donors (Lipinski definition) is 2. The summed E-state index contributed by atoms with van der Waals surface area (Å²) in [4.78, 5) is 19.2. The maximum Gasteiger partial charge on any atom is 0.319 e. The second-order valence-corrected chi connectivity index (χ2v) is 13.0. The first-order valence-electron chi connectivity index (χ1n) is 14.8. The largest absolute Gasteiger partial charge is 0.508 e. The highest BCUT2D eigenvalue weighted by Crippen LogP contribution is 2.42. The minimum Gasteiger partial charge on any atom is -0.508 e. The number of phenolic OH excluding ortho intramolecular Hbond substituents is 1. The summed E-state index contributed by atoms with van der Waals surface area (Å²) in [7, 11) is 0. The van der Waals surface area contributed by atoms with E-state index in [0.717, 1.165) is 19.4 Å². The molecule has 44 heavy (non-hydrogen) atoms. The van der Waals surface area contributed by atoms with Gasteiger partial charge in [0.05, 0.1) is 24.3 Å². The molecular weight excluding hydrogens is 590 g/mol. The summed E-state index contributed by atoms with van der Waals surface area (Å²) < 4.78 is 47.2. The Hall–Kier alpha value is -3.83. The summed E-state index contributed by atoms with van der Waals surface area (Å²) >= 11 is 1.19. The lowest BCUT2D eigenvalue weighted by Gasteiger charge is -2.42. The van der Waals surface area contributed by atoms with Crippen LogP contribution in [0, 0.1) is 18.2 Å². The van der Waals surface area contributed by atoms with Gasteiger partial charge in [-0.1, -0.05) is 23.3 Å². The molecule has 4 aliphatic rings. The molecule has 0 aliphatic carbocycles.